The van der Waals surface area contributed by atoms with Crippen LogP contribution in [0.5, 0.6) is 11.6 Å². The molecule has 0 saturated carbocycles. The van der Waals surface area contributed by atoms with Gasteiger partial charge in [0.15, 0.2) is 0 Å². The number of carbonyl (C=O) groups excluding carboxylic acids is 3. The van der Waals surface area contributed by atoms with Crippen molar-refractivity contribution in [1.29, 1.82) is 0 Å². The minimum atomic E-state index is -2.28. The van der Waals surface area contributed by atoms with Crippen molar-refractivity contribution in [1.82, 2.24) is 15.3 Å². The summed E-state index contributed by atoms with van der Waals surface area (Å²) < 4.78 is 16.1. The quantitative estimate of drug-likeness (QED) is 0.199. The van der Waals surface area contributed by atoms with Gasteiger partial charge in [-0.1, -0.05) is 41.9 Å². The molecule has 212 valence electrons. The third-order valence-corrected chi connectivity index (χ3v) is 6.91. The van der Waals surface area contributed by atoms with Crippen LogP contribution in [0.25, 0.3) is 21.8 Å². The normalized spacial score (nSPS) is 11.2. The highest BCUT2D eigenvalue weighted by atomic mass is 35.5. The summed E-state index contributed by atoms with van der Waals surface area (Å²) >= 11 is 5.95. The van der Waals surface area contributed by atoms with E-state index in [1.165, 1.54) is 36.4 Å². The van der Waals surface area contributed by atoms with Crippen LogP contribution in [0.15, 0.2) is 89.7 Å². The zero-order valence-electron chi connectivity index (χ0n) is 22.5. The third-order valence-electron chi connectivity index (χ3n) is 6.66. The van der Waals surface area contributed by atoms with Crippen LogP contribution in [0.2, 0.25) is 5.02 Å². The minimum Gasteiger partial charge on any atom is -0.467 e. The van der Waals surface area contributed by atoms with Crippen molar-refractivity contribution in [3.8, 4) is 11.6 Å². The summed E-state index contributed by atoms with van der Waals surface area (Å²) in [7, 11) is 2.21. The fourth-order valence-electron chi connectivity index (χ4n) is 4.66. The van der Waals surface area contributed by atoms with Gasteiger partial charge in [-0.15, -0.1) is 0 Å². The molecule has 0 aliphatic carbocycles. The number of amides is 1. The number of benzene rings is 3. The molecule has 0 aliphatic rings. The lowest BCUT2D eigenvalue weighted by Crippen LogP contribution is -2.62. The Balaban J connectivity index is 1.63. The van der Waals surface area contributed by atoms with E-state index in [1.807, 2.05) is 0 Å². The molecule has 2 aromatic heterocycles. The van der Waals surface area contributed by atoms with Crippen LogP contribution < -0.4 is 15.6 Å². The van der Waals surface area contributed by atoms with E-state index in [4.69, 9.17) is 25.8 Å². The maximum absolute atomic E-state index is 13.3. The van der Waals surface area contributed by atoms with Gasteiger partial charge in [0.1, 0.15) is 5.75 Å². The number of carbonyl (C=O) groups is 3. The second-order valence-corrected chi connectivity index (χ2v) is 9.74. The summed E-state index contributed by atoms with van der Waals surface area (Å²) in [5.74, 6) is -2.47. The van der Waals surface area contributed by atoms with Crippen molar-refractivity contribution in [2.24, 2.45) is 0 Å². The first kappa shape index (κ1) is 28.3. The Morgan fingerprint density at radius 2 is 1.52 bits per heavy atom. The smallest absolute Gasteiger partial charge is 0.343 e. The zero-order chi connectivity index (χ0) is 29.9. The van der Waals surface area contributed by atoms with Crippen LogP contribution in [0, 0.1) is 0 Å². The Labute approximate surface area is 244 Å². The van der Waals surface area contributed by atoms with E-state index in [0.717, 1.165) is 14.2 Å². The molecule has 5 rings (SSSR count). The number of nitrogens with one attached hydrogen (secondary N) is 2. The number of halogens is 1. The topological polar surface area (TPSA) is 137 Å². The van der Waals surface area contributed by atoms with E-state index in [9.17, 15) is 19.2 Å². The lowest BCUT2D eigenvalue weighted by molar-refractivity contribution is -0.162. The number of esters is 2. The fraction of sp³-hybridized carbons (Fsp3) is 0.129. The average molecular weight is 586 g/mol. The molecule has 0 unspecified atom stereocenters. The van der Waals surface area contributed by atoms with Gasteiger partial charge in [0.05, 0.1) is 25.3 Å². The van der Waals surface area contributed by atoms with Crippen molar-refractivity contribution in [2.75, 3.05) is 14.2 Å². The number of rotatable bonds is 8. The molecule has 3 aromatic carbocycles. The Morgan fingerprint density at radius 3 is 2.21 bits per heavy atom. The molecule has 1 amide bonds. The van der Waals surface area contributed by atoms with Crippen LogP contribution >= 0.6 is 11.6 Å². The first-order valence-electron chi connectivity index (χ1n) is 12.7. The summed E-state index contributed by atoms with van der Waals surface area (Å²) in [6.07, 6.45) is -0.374. The van der Waals surface area contributed by atoms with Gasteiger partial charge in [-0.05, 0) is 48.0 Å². The number of ether oxygens (including phenoxy) is 3. The summed E-state index contributed by atoms with van der Waals surface area (Å²) in [5.41, 5.74) is -1.03. The number of aromatic amines is 1. The molecule has 2 heterocycles. The van der Waals surface area contributed by atoms with Crippen molar-refractivity contribution < 1.29 is 28.6 Å². The number of para-hydroxylation sites is 2. The van der Waals surface area contributed by atoms with Crippen LogP contribution in [0.4, 0.5) is 0 Å². The predicted molar refractivity (Wildman–Crippen MR) is 156 cm³/mol. The largest absolute Gasteiger partial charge is 0.467 e. The average Bonchev–Trinajstić information content (AvgIpc) is 3.00. The highest BCUT2D eigenvalue weighted by Gasteiger charge is 2.50. The van der Waals surface area contributed by atoms with Crippen LogP contribution in [0.3, 0.4) is 0 Å². The molecular formula is C31H24ClN3O7. The van der Waals surface area contributed by atoms with Crippen LogP contribution in [0.1, 0.15) is 15.9 Å². The van der Waals surface area contributed by atoms with Gasteiger partial charge in [0.25, 0.3) is 11.5 Å². The Morgan fingerprint density at radius 1 is 0.881 bits per heavy atom. The first-order valence-corrected chi connectivity index (χ1v) is 13.1. The van der Waals surface area contributed by atoms with Crippen molar-refractivity contribution in [2.45, 2.75) is 12.0 Å². The zero-order valence-corrected chi connectivity index (χ0v) is 23.2. The van der Waals surface area contributed by atoms with Crippen molar-refractivity contribution in [3.05, 3.63) is 111 Å². The van der Waals surface area contributed by atoms with Crippen molar-refractivity contribution >= 4 is 51.3 Å². The summed E-state index contributed by atoms with van der Waals surface area (Å²) in [6, 6.07) is 22.9. The lowest BCUT2D eigenvalue weighted by Gasteiger charge is -2.30. The molecule has 2 N–H and O–H groups in total. The molecule has 10 nitrogen and oxygen atoms in total. The van der Waals surface area contributed by atoms with E-state index < -0.39 is 23.4 Å². The predicted octanol–water partition coefficient (Wildman–Crippen LogP) is 4.58. The van der Waals surface area contributed by atoms with Gasteiger partial charge in [-0.25, -0.2) is 14.6 Å². The molecule has 0 fully saturated rings. The first-order chi connectivity index (χ1) is 20.2. The van der Waals surface area contributed by atoms with Crippen LogP contribution in [-0.2, 0) is 25.5 Å². The Hall–Kier alpha value is -5.22. The summed E-state index contributed by atoms with van der Waals surface area (Å²) in [5, 5.41) is 4.17. The van der Waals surface area contributed by atoms with Gasteiger partial charge in [-0.3, -0.25) is 9.59 Å². The third kappa shape index (κ3) is 5.52. The van der Waals surface area contributed by atoms with E-state index >= 15 is 0 Å². The second-order valence-electron chi connectivity index (χ2n) is 9.31. The molecule has 0 bridgehead atoms. The second kappa shape index (κ2) is 11.7. The van der Waals surface area contributed by atoms with Crippen LogP contribution in [-0.4, -0.2) is 47.6 Å². The van der Waals surface area contributed by atoms with E-state index in [1.54, 1.807) is 48.5 Å². The van der Waals surface area contributed by atoms with E-state index in [-0.39, 0.29) is 29.2 Å². The highest BCUT2D eigenvalue weighted by molar-refractivity contribution is 6.30. The van der Waals surface area contributed by atoms with Gasteiger partial charge in [0.2, 0.25) is 11.4 Å². The molecule has 0 atom stereocenters. The Kier molecular flexibility index (Phi) is 7.90. The number of nitrogens with zero attached hydrogens (tertiary/aromatic N) is 1. The number of methoxy groups -OCH3 is 2. The SMILES string of the molecule is COC(=O)C(Cc1cc(Oc2cc(=O)[nH]c3ccccc23)nc2ccccc12)(NC(=O)c1ccc(Cl)cc1)C(=O)OC. The number of hydrogen-bond acceptors (Lipinski definition) is 8. The molecule has 42 heavy (non-hydrogen) atoms. The molecule has 0 spiro atoms. The summed E-state index contributed by atoms with van der Waals surface area (Å²) in [6.45, 7) is 0. The van der Waals surface area contributed by atoms with Gasteiger partial charge < -0.3 is 24.5 Å². The maximum atomic E-state index is 13.3. The molecule has 11 heteroatoms. The van der Waals surface area contributed by atoms with Gasteiger partial charge in [0, 0.05) is 39.9 Å². The van der Waals surface area contributed by atoms with E-state index in [2.05, 4.69) is 15.3 Å². The Bertz CT molecular complexity index is 1870. The van der Waals surface area contributed by atoms with Gasteiger partial charge in [-0.2, -0.15) is 0 Å². The highest BCUT2D eigenvalue weighted by Crippen LogP contribution is 2.32. The number of H-pyrrole nitrogens is 1. The van der Waals surface area contributed by atoms with E-state index in [0.29, 0.717) is 32.4 Å². The molecule has 5 aromatic rings. The molecular weight excluding hydrogens is 562 g/mol. The number of fused-ring (bicyclic) bond motifs is 2. The van der Waals surface area contributed by atoms with Crippen molar-refractivity contribution in [3.63, 3.8) is 0 Å². The maximum Gasteiger partial charge on any atom is 0.343 e. The summed E-state index contributed by atoms with van der Waals surface area (Å²) in [4.78, 5) is 59.6. The van der Waals surface area contributed by atoms with Gasteiger partial charge >= 0.3 is 11.9 Å². The standard InChI is InChI=1S/C31H24ClN3O7/c1-40-29(38)31(30(39)41-2,35-28(37)18-11-13-20(32)14-12-18)17-19-15-27(34-23-9-5-3-7-21(19)23)42-25-16-26(36)33-24-10-6-4-8-22(24)25/h3-16H,17H2,1-2H3,(H,33,36)(H,35,37). The monoisotopic (exact) mass is 585 g/mol. The molecule has 0 saturated heterocycles. The number of aromatic nitrogens is 2. The minimum absolute atomic E-state index is 0.0899. The fourth-order valence-corrected chi connectivity index (χ4v) is 4.79. The number of hydrogen-bond donors (Lipinski definition) is 2. The molecule has 0 aliphatic heterocycles. The molecule has 0 radical (unpaired) electrons. The number of pyridine rings is 2. The lowest BCUT2D eigenvalue weighted by atomic mass is 9.88.